The van der Waals surface area contributed by atoms with Crippen molar-refractivity contribution in [1.29, 1.82) is 0 Å². The van der Waals surface area contributed by atoms with E-state index in [4.69, 9.17) is 10.5 Å². The Morgan fingerprint density at radius 2 is 2.10 bits per heavy atom. The van der Waals surface area contributed by atoms with E-state index in [-0.39, 0.29) is 18.4 Å². The predicted molar refractivity (Wildman–Crippen MR) is 80.8 cm³/mol. The van der Waals surface area contributed by atoms with Crippen LogP contribution < -0.4 is 5.73 Å². The van der Waals surface area contributed by atoms with Gasteiger partial charge in [0, 0.05) is 6.54 Å². The van der Waals surface area contributed by atoms with Gasteiger partial charge in [-0.25, -0.2) is 0 Å². The number of anilines is 1. The molecule has 116 valence electrons. The van der Waals surface area contributed by atoms with Gasteiger partial charge in [-0.1, -0.05) is 13.8 Å². The minimum atomic E-state index is -0.416. The van der Waals surface area contributed by atoms with Crippen molar-refractivity contribution in [3.05, 3.63) is 23.5 Å². The SMILES string of the molecule is CCOC(=O)CN(CC(C)C)C(=O)c1cc(N)cnc1C. The van der Waals surface area contributed by atoms with Crippen LogP contribution >= 0.6 is 0 Å². The molecule has 0 radical (unpaired) electrons. The highest BCUT2D eigenvalue weighted by Gasteiger charge is 2.22. The molecule has 21 heavy (non-hydrogen) atoms. The highest BCUT2D eigenvalue weighted by Crippen LogP contribution is 2.14. The molecule has 1 aromatic rings. The van der Waals surface area contributed by atoms with Crippen molar-refractivity contribution in [2.24, 2.45) is 5.92 Å². The zero-order chi connectivity index (χ0) is 16.0. The maximum Gasteiger partial charge on any atom is 0.325 e. The molecular formula is C15H23N3O3. The van der Waals surface area contributed by atoms with Gasteiger partial charge in [0.2, 0.25) is 0 Å². The van der Waals surface area contributed by atoms with Crippen molar-refractivity contribution in [2.45, 2.75) is 27.7 Å². The van der Waals surface area contributed by atoms with E-state index in [9.17, 15) is 9.59 Å². The number of aryl methyl sites for hydroxylation is 1. The van der Waals surface area contributed by atoms with E-state index < -0.39 is 5.97 Å². The maximum absolute atomic E-state index is 12.6. The van der Waals surface area contributed by atoms with Gasteiger partial charge in [0.25, 0.3) is 5.91 Å². The monoisotopic (exact) mass is 293 g/mol. The Labute approximate surface area is 125 Å². The number of hydrogen-bond donors (Lipinski definition) is 1. The summed E-state index contributed by atoms with van der Waals surface area (Å²) in [5, 5.41) is 0. The first-order valence-corrected chi connectivity index (χ1v) is 7.02. The van der Waals surface area contributed by atoms with Crippen LogP contribution in [-0.2, 0) is 9.53 Å². The molecule has 0 unspecified atom stereocenters. The van der Waals surface area contributed by atoms with Gasteiger partial charge in [-0.05, 0) is 25.8 Å². The zero-order valence-corrected chi connectivity index (χ0v) is 13.0. The summed E-state index contributed by atoms with van der Waals surface area (Å²) in [5.74, 6) is -0.437. The summed E-state index contributed by atoms with van der Waals surface area (Å²) in [4.78, 5) is 29.8. The molecule has 0 aliphatic rings. The van der Waals surface area contributed by atoms with Gasteiger partial charge < -0.3 is 15.4 Å². The quantitative estimate of drug-likeness (QED) is 0.806. The Balaban J connectivity index is 2.98. The van der Waals surface area contributed by atoms with E-state index in [2.05, 4.69) is 4.98 Å². The van der Waals surface area contributed by atoms with E-state index in [1.807, 2.05) is 13.8 Å². The third-order valence-electron chi connectivity index (χ3n) is 2.84. The van der Waals surface area contributed by atoms with Gasteiger partial charge in [-0.2, -0.15) is 0 Å². The summed E-state index contributed by atoms with van der Waals surface area (Å²) in [6, 6.07) is 1.59. The number of amides is 1. The number of hydrogen-bond acceptors (Lipinski definition) is 5. The molecule has 1 aromatic heterocycles. The Morgan fingerprint density at radius 3 is 2.67 bits per heavy atom. The molecule has 2 N–H and O–H groups in total. The first-order chi connectivity index (χ1) is 9.85. The second-order valence-corrected chi connectivity index (χ2v) is 5.29. The number of carbonyl (C=O) groups is 2. The minimum Gasteiger partial charge on any atom is -0.465 e. The lowest BCUT2D eigenvalue weighted by Gasteiger charge is -2.24. The molecular weight excluding hydrogens is 270 g/mol. The van der Waals surface area contributed by atoms with Crippen LogP contribution in [0.5, 0.6) is 0 Å². The lowest BCUT2D eigenvalue weighted by Crippen LogP contribution is -2.39. The molecule has 0 fully saturated rings. The van der Waals surface area contributed by atoms with E-state index >= 15 is 0 Å². The maximum atomic E-state index is 12.6. The van der Waals surface area contributed by atoms with Gasteiger partial charge >= 0.3 is 5.97 Å². The predicted octanol–water partition coefficient (Wildman–Crippen LogP) is 1.63. The molecule has 0 atom stereocenters. The molecule has 6 nitrogen and oxygen atoms in total. The third kappa shape index (κ3) is 5.06. The van der Waals surface area contributed by atoms with E-state index in [1.165, 1.54) is 11.1 Å². The zero-order valence-electron chi connectivity index (χ0n) is 13.0. The molecule has 1 rings (SSSR count). The summed E-state index contributed by atoms with van der Waals surface area (Å²) in [6.45, 7) is 8.13. The highest BCUT2D eigenvalue weighted by atomic mass is 16.5. The number of nitrogens with zero attached hydrogens (tertiary/aromatic N) is 2. The largest absolute Gasteiger partial charge is 0.465 e. The van der Waals surface area contributed by atoms with Gasteiger partial charge in [-0.3, -0.25) is 14.6 Å². The fourth-order valence-corrected chi connectivity index (χ4v) is 1.96. The molecule has 0 saturated carbocycles. The average molecular weight is 293 g/mol. The van der Waals surface area contributed by atoms with Crippen molar-refractivity contribution in [1.82, 2.24) is 9.88 Å². The van der Waals surface area contributed by atoms with Crippen LogP contribution in [0.1, 0.15) is 36.8 Å². The molecule has 1 heterocycles. The van der Waals surface area contributed by atoms with Crippen LogP contribution in [0, 0.1) is 12.8 Å². The van der Waals surface area contributed by atoms with Crippen molar-refractivity contribution in [3.63, 3.8) is 0 Å². The second kappa shape index (κ2) is 7.61. The van der Waals surface area contributed by atoms with E-state index in [0.717, 1.165) is 0 Å². The number of pyridine rings is 1. The Bertz CT molecular complexity index is 515. The fraction of sp³-hybridized carbons (Fsp3) is 0.533. The first kappa shape index (κ1) is 16.9. The van der Waals surface area contributed by atoms with Crippen LogP contribution in [0.15, 0.2) is 12.3 Å². The third-order valence-corrected chi connectivity index (χ3v) is 2.84. The number of esters is 1. The topological polar surface area (TPSA) is 85.5 Å². The Hall–Kier alpha value is -2.11. The summed E-state index contributed by atoms with van der Waals surface area (Å²) in [6.07, 6.45) is 1.50. The molecule has 0 bridgehead atoms. The summed E-state index contributed by atoms with van der Waals surface area (Å²) >= 11 is 0. The molecule has 1 amide bonds. The highest BCUT2D eigenvalue weighted by molar-refractivity contribution is 5.97. The normalized spacial score (nSPS) is 10.5. The minimum absolute atomic E-state index is 0.0703. The summed E-state index contributed by atoms with van der Waals surface area (Å²) in [5.41, 5.74) is 7.12. The molecule has 0 spiro atoms. The van der Waals surface area contributed by atoms with Gasteiger partial charge in [0.05, 0.1) is 29.7 Å². The van der Waals surface area contributed by atoms with Crippen molar-refractivity contribution in [2.75, 3.05) is 25.4 Å². The summed E-state index contributed by atoms with van der Waals surface area (Å²) < 4.78 is 4.92. The lowest BCUT2D eigenvalue weighted by molar-refractivity contribution is -0.143. The number of aromatic nitrogens is 1. The average Bonchev–Trinajstić information content (AvgIpc) is 2.39. The van der Waals surface area contributed by atoms with Gasteiger partial charge in [0.15, 0.2) is 0 Å². The number of nitrogen functional groups attached to an aromatic ring is 1. The smallest absolute Gasteiger partial charge is 0.325 e. The van der Waals surface area contributed by atoms with Gasteiger partial charge in [-0.15, -0.1) is 0 Å². The van der Waals surface area contributed by atoms with Crippen LogP contribution in [0.2, 0.25) is 0 Å². The standard InChI is InChI=1S/C15H23N3O3/c1-5-21-14(19)9-18(8-10(2)3)15(20)13-6-12(16)7-17-11(13)4/h6-7,10H,5,8-9,16H2,1-4H3. The molecule has 0 aliphatic heterocycles. The number of rotatable bonds is 6. The molecule has 0 aromatic carbocycles. The number of carbonyl (C=O) groups excluding carboxylic acids is 2. The first-order valence-electron chi connectivity index (χ1n) is 7.02. The van der Waals surface area contributed by atoms with Crippen molar-refractivity contribution < 1.29 is 14.3 Å². The van der Waals surface area contributed by atoms with E-state index in [1.54, 1.807) is 19.9 Å². The number of ether oxygens (including phenoxy) is 1. The lowest BCUT2D eigenvalue weighted by atomic mass is 10.1. The van der Waals surface area contributed by atoms with Gasteiger partial charge in [0.1, 0.15) is 6.54 Å². The van der Waals surface area contributed by atoms with E-state index in [0.29, 0.717) is 30.1 Å². The Kier molecular flexibility index (Phi) is 6.14. The fourth-order valence-electron chi connectivity index (χ4n) is 1.96. The molecule has 0 saturated heterocycles. The van der Waals surface area contributed by atoms with Crippen LogP contribution in [0.4, 0.5) is 5.69 Å². The Morgan fingerprint density at radius 1 is 1.43 bits per heavy atom. The van der Waals surface area contributed by atoms with Crippen LogP contribution in [0.3, 0.4) is 0 Å². The molecule has 6 heteroatoms. The summed E-state index contributed by atoms with van der Waals surface area (Å²) in [7, 11) is 0. The van der Waals surface area contributed by atoms with Crippen molar-refractivity contribution >= 4 is 17.6 Å². The second-order valence-electron chi connectivity index (χ2n) is 5.29. The van der Waals surface area contributed by atoms with Crippen molar-refractivity contribution in [3.8, 4) is 0 Å². The molecule has 0 aliphatic carbocycles. The van der Waals surface area contributed by atoms with Crippen LogP contribution in [0.25, 0.3) is 0 Å². The number of nitrogens with two attached hydrogens (primary N) is 1. The van der Waals surface area contributed by atoms with Crippen LogP contribution in [-0.4, -0.2) is 41.5 Å².